The van der Waals surface area contributed by atoms with Crippen molar-refractivity contribution >= 4 is 21.9 Å². The van der Waals surface area contributed by atoms with Gasteiger partial charge in [-0.1, -0.05) is 12.1 Å². The van der Waals surface area contributed by atoms with Crippen LogP contribution in [0.5, 0.6) is 0 Å². The lowest BCUT2D eigenvalue weighted by Crippen LogP contribution is -2.31. The highest BCUT2D eigenvalue weighted by Crippen LogP contribution is 2.31. The first-order chi connectivity index (χ1) is 14.7. The minimum absolute atomic E-state index is 0.0224. The molecule has 0 spiro atoms. The van der Waals surface area contributed by atoms with Gasteiger partial charge >= 0.3 is 5.69 Å². The normalized spacial score (nSPS) is 17.1. The number of pyridine rings is 2. The summed E-state index contributed by atoms with van der Waals surface area (Å²) in [6.45, 7) is 1.81. The number of hydrogen-bond acceptors (Lipinski definition) is 5. The Morgan fingerprint density at radius 2 is 2.03 bits per heavy atom. The number of imidazole rings is 1. The number of rotatable bonds is 4. The SMILES string of the molecule is COCc1ccc(-c2ccc3ncc4c(c3c2)n(C2CCCOC2)c(=O)n4C)cn1. The fourth-order valence-electron chi connectivity index (χ4n) is 4.30. The van der Waals surface area contributed by atoms with Gasteiger partial charge in [0.1, 0.15) is 0 Å². The maximum atomic E-state index is 13.1. The van der Waals surface area contributed by atoms with Crippen molar-refractivity contribution in [3.05, 3.63) is 58.9 Å². The van der Waals surface area contributed by atoms with E-state index >= 15 is 0 Å². The number of fused-ring (bicyclic) bond motifs is 3. The molecule has 1 atom stereocenters. The fourth-order valence-corrected chi connectivity index (χ4v) is 4.30. The highest BCUT2D eigenvalue weighted by molar-refractivity contribution is 6.04. The van der Waals surface area contributed by atoms with Crippen molar-refractivity contribution < 1.29 is 9.47 Å². The molecule has 0 bridgehead atoms. The van der Waals surface area contributed by atoms with E-state index in [1.54, 1.807) is 24.9 Å². The van der Waals surface area contributed by atoms with Crippen LogP contribution in [0.1, 0.15) is 24.6 Å². The van der Waals surface area contributed by atoms with Crippen molar-refractivity contribution in [2.75, 3.05) is 20.3 Å². The van der Waals surface area contributed by atoms with Gasteiger partial charge in [0, 0.05) is 37.9 Å². The van der Waals surface area contributed by atoms with Gasteiger partial charge in [0.15, 0.2) is 0 Å². The summed E-state index contributed by atoms with van der Waals surface area (Å²) >= 11 is 0. The molecule has 154 valence electrons. The van der Waals surface area contributed by atoms with E-state index in [9.17, 15) is 4.79 Å². The third kappa shape index (κ3) is 3.11. The molecule has 1 aliphatic heterocycles. The van der Waals surface area contributed by atoms with Gasteiger partial charge in [0.05, 0.1) is 47.7 Å². The van der Waals surface area contributed by atoms with Crippen LogP contribution < -0.4 is 5.69 Å². The van der Waals surface area contributed by atoms with Gasteiger partial charge in [-0.25, -0.2) is 4.79 Å². The maximum absolute atomic E-state index is 13.1. The Kier molecular flexibility index (Phi) is 4.84. The minimum Gasteiger partial charge on any atom is -0.379 e. The predicted molar refractivity (Wildman–Crippen MR) is 116 cm³/mol. The molecule has 3 aromatic heterocycles. The molecule has 1 fully saturated rings. The molecule has 0 N–H and O–H groups in total. The zero-order valence-electron chi connectivity index (χ0n) is 17.2. The summed E-state index contributed by atoms with van der Waals surface area (Å²) in [7, 11) is 3.47. The second-order valence-electron chi connectivity index (χ2n) is 7.78. The van der Waals surface area contributed by atoms with E-state index in [-0.39, 0.29) is 11.7 Å². The van der Waals surface area contributed by atoms with Gasteiger partial charge in [-0.15, -0.1) is 0 Å². The van der Waals surface area contributed by atoms with Gasteiger partial charge in [-0.05, 0) is 36.6 Å². The molecule has 7 nitrogen and oxygen atoms in total. The van der Waals surface area contributed by atoms with Gasteiger partial charge in [0.2, 0.25) is 0 Å². The van der Waals surface area contributed by atoms with Crippen LogP contribution in [0.25, 0.3) is 33.1 Å². The number of nitrogens with zero attached hydrogens (tertiary/aromatic N) is 4. The fraction of sp³-hybridized carbons (Fsp3) is 0.348. The zero-order valence-corrected chi connectivity index (χ0v) is 17.2. The minimum atomic E-state index is -0.0224. The number of aryl methyl sites for hydroxylation is 1. The molecule has 7 heteroatoms. The van der Waals surface area contributed by atoms with E-state index in [1.807, 2.05) is 35.0 Å². The molecule has 0 amide bonds. The Labute approximate surface area is 173 Å². The van der Waals surface area contributed by atoms with E-state index in [2.05, 4.69) is 16.0 Å². The van der Waals surface area contributed by atoms with Gasteiger partial charge in [-0.3, -0.25) is 19.1 Å². The molecule has 5 rings (SSSR count). The summed E-state index contributed by atoms with van der Waals surface area (Å²) in [5, 5.41) is 0.967. The molecule has 1 unspecified atom stereocenters. The van der Waals surface area contributed by atoms with Crippen LogP contribution in [-0.4, -0.2) is 39.4 Å². The highest BCUT2D eigenvalue weighted by atomic mass is 16.5. The predicted octanol–water partition coefficient (Wildman–Crippen LogP) is 3.45. The standard InChI is InChI=1S/C23H24N4O3/c1-26-21-12-25-20-8-6-15(16-5-7-17(13-29-2)24-11-16)10-19(20)22(21)27(23(26)28)18-4-3-9-30-14-18/h5-8,10-12,18H,3-4,9,13-14H2,1-2H3. The maximum Gasteiger partial charge on any atom is 0.329 e. The number of hydrogen-bond donors (Lipinski definition) is 0. The lowest BCUT2D eigenvalue weighted by Gasteiger charge is -2.23. The zero-order chi connectivity index (χ0) is 20.7. The molecule has 0 saturated carbocycles. The van der Waals surface area contributed by atoms with Crippen LogP contribution in [0.3, 0.4) is 0 Å². The number of methoxy groups -OCH3 is 1. The van der Waals surface area contributed by atoms with Crippen LogP contribution in [0.2, 0.25) is 0 Å². The average Bonchev–Trinajstić information content (AvgIpc) is 3.05. The van der Waals surface area contributed by atoms with E-state index in [0.29, 0.717) is 13.2 Å². The molecule has 4 heterocycles. The molecule has 1 aromatic carbocycles. The smallest absolute Gasteiger partial charge is 0.329 e. The lowest BCUT2D eigenvalue weighted by molar-refractivity contribution is 0.0593. The Hall–Kier alpha value is -3.03. The van der Waals surface area contributed by atoms with Crippen LogP contribution >= 0.6 is 0 Å². The number of aromatic nitrogens is 4. The molecular weight excluding hydrogens is 380 g/mol. The lowest BCUT2D eigenvalue weighted by atomic mass is 10.0. The summed E-state index contributed by atoms with van der Waals surface area (Å²) < 4.78 is 14.4. The van der Waals surface area contributed by atoms with Crippen LogP contribution in [0.15, 0.2) is 47.5 Å². The highest BCUT2D eigenvalue weighted by Gasteiger charge is 2.23. The first kappa shape index (κ1) is 19.0. The van der Waals surface area contributed by atoms with Crippen molar-refractivity contribution in [3.63, 3.8) is 0 Å². The third-order valence-electron chi connectivity index (χ3n) is 5.87. The van der Waals surface area contributed by atoms with Crippen LogP contribution in [-0.2, 0) is 23.1 Å². The van der Waals surface area contributed by atoms with Crippen molar-refractivity contribution in [2.45, 2.75) is 25.5 Å². The van der Waals surface area contributed by atoms with E-state index < -0.39 is 0 Å². The first-order valence-corrected chi connectivity index (χ1v) is 10.2. The Bertz CT molecular complexity index is 1270. The summed E-state index contributed by atoms with van der Waals surface area (Å²) in [5.41, 5.74) is 5.55. The first-order valence-electron chi connectivity index (χ1n) is 10.2. The topological polar surface area (TPSA) is 71.2 Å². The number of benzene rings is 1. The summed E-state index contributed by atoms with van der Waals surface area (Å²) in [6.07, 6.45) is 5.55. The van der Waals surface area contributed by atoms with Crippen molar-refractivity contribution in [3.8, 4) is 11.1 Å². The van der Waals surface area contributed by atoms with E-state index in [0.717, 1.165) is 58.2 Å². The van der Waals surface area contributed by atoms with Crippen LogP contribution in [0, 0.1) is 0 Å². The average molecular weight is 404 g/mol. The summed E-state index contributed by atoms with van der Waals surface area (Å²) in [5.74, 6) is 0. The largest absolute Gasteiger partial charge is 0.379 e. The molecular formula is C23H24N4O3. The van der Waals surface area contributed by atoms with E-state index in [4.69, 9.17) is 9.47 Å². The quantitative estimate of drug-likeness (QED) is 0.521. The second kappa shape index (κ2) is 7.66. The Morgan fingerprint density at radius 1 is 1.17 bits per heavy atom. The number of ether oxygens (including phenoxy) is 2. The molecule has 1 saturated heterocycles. The Morgan fingerprint density at radius 3 is 2.77 bits per heavy atom. The monoisotopic (exact) mass is 404 g/mol. The summed E-state index contributed by atoms with van der Waals surface area (Å²) in [6, 6.07) is 10.2. The molecule has 4 aromatic rings. The Balaban J connectivity index is 1.71. The molecule has 1 aliphatic rings. The van der Waals surface area contributed by atoms with Crippen molar-refractivity contribution in [1.29, 1.82) is 0 Å². The molecule has 30 heavy (non-hydrogen) atoms. The van der Waals surface area contributed by atoms with Crippen molar-refractivity contribution in [2.24, 2.45) is 7.05 Å². The van der Waals surface area contributed by atoms with Crippen molar-refractivity contribution in [1.82, 2.24) is 19.1 Å². The summed E-state index contributed by atoms with van der Waals surface area (Å²) in [4.78, 5) is 22.2. The van der Waals surface area contributed by atoms with Gasteiger partial charge < -0.3 is 9.47 Å². The van der Waals surface area contributed by atoms with Crippen LogP contribution in [0.4, 0.5) is 0 Å². The van der Waals surface area contributed by atoms with Gasteiger partial charge in [0.25, 0.3) is 0 Å². The second-order valence-corrected chi connectivity index (χ2v) is 7.78. The third-order valence-corrected chi connectivity index (χ3v) is 5.87. The van der Waals surface area contributed by atoms with E-state index in [1.165, 1.54) is 0 Å². The molecule has 0 aliphatic carbocycles. The van der Waals surface area contributed by atoms with Gasteiger partial charge in [-0.2, -0.15) is 0 Å². The molecule has 0 radical (unpaired) electrons.